The second-order valence-corrected chi connectivity index (χ2v) is 3.95. The summed E-state index contributed by atoms with van der Waals surface area (Å²) in [5.41, 5.74) is 7.06. The molecule has 0 fully saturated rings. The Morgan fingerprint density at radius 3 is 2.74 bits per heavy atom. The topological polar surface area (TPSA) is 92.4 Å². The lowest BCUT2D eigenvalue weighted by molar-refractivity contribution is -0.117. The number of primary amides is 1. The molecule has 0 spiro atoms. The molecule has 4 N–H and O–H groups in total. The molecule has 2 amide bonds. The summed E-state index contributed by atoms with van der Waals surface area (Å²) in [6, 6.07) is 5.06. The second kappa shape index (κ2) is 7.19. The van der Waals surface area contributed by atoms with Crippen LogP contribution in [0.3, 0.4) is 0 Å². The number of nitrogens with two attached hydrogens (primary N) is 1. The summed E-state index contributed by atoms with van der Waals surface area (Å²) in [4.78, 5) is 22.3. The number of aliphatic hydroxyl groups excluding tert-OH is 1. The number of carbonyl (C=O) groups excluding carboxylic acids is 2. The lowest BCUT2D eigenvalue weighted by Gasteiger charge is -2.05. The Bertz CT molecular complexity index is 541. The molecule has 0 bridgehead atoms. The summed E-state index contributed by atoms with van der Waals surface area (Å²) in [6.45, 7) is 1.68. The number of carbonyl (C=O) groups is 2. The van der Waals surface area contributed by atoms with Crippen LogP contribution in [0.15, 0.2) is 18.2 Å². The molecule has 0 unspecified atom stereocenters. The van der Waals surface area contributed by atoms with E-state index in [-0.39, 0.29) is 19.1 Å². The van der Waals surface area contributed by atoms with Crippen LogP contribution in [0.5, 0.6) is 0 Å². The number of benzene rings is 1. The maximum atomic E-state index is 11.7. The zero-order valence-electron chi connectivity index (χ0n) is 10.7. The first-order chi connectivity index (χ1) is 9.04. The van der Waals surface area contributed by atoms with E-state index >= 15 is 0 Å². The van der Waals surface area contributed by atoms with Gasteiger partial charge in [-0.25, -0.2) is 0 Å². The van der Waals surface area contributed by atoms with Gasteiger partial charge in [-0.15, -0.1) is 0 Å². The van der Waals surface area contributed by atoms with Crippen molar-refractivity contribution in [1.29, 1.82) is 0 Å². The van der Waals surface area contributed by atoms with Gasteiger partial charge in [-0.1, -0.05) is 11.8 Å². The van der Waals surface area contributed by atoms with E-state index in [0.29, 0.717) is 12.0 Å². The first-order valence-corrected chi connectivity index (χ1v) is 5.81. The maximum absolute atomic E-state index is 11.7. The summed E-state index contributed by atoms with van der Waals surface area (Å²) < 4.78 is 0. The highest BCUT2D eigenvalue weighted by Crippen LogP contribution is 2.10. The van der Waals surface area contributed by atoms with E-state index < -0.39 is 5.91 Å². The fraction of sp³-hybridized carbons (Fsp3) is 0.286. The first kappa shape index (κ1) is 14.7. The molecule has 1 aromatic rings. The number of aliphatic hydroxyl groups is 1. The Hall–Kier alpha value is -2.32. The molecule has 5 nitrogen and oxygen atoms in total. The molecule has 0 saturated heterocycles. The zero-order valence-corrected chi connectivity index (χ0v) is 10.7. The van der Waals surface area contributed by atoms with Crippen molar-refractivity contribution < 1.29 is 14.7 Å². The van der Waals surface area contributed by atoms with Crippen molar-refractivity contribution in [2.75, 3.05) is 13.2 Å². The van der Waals surface area contributed by atoms with E-state index in [1.54, 1.807) is 18.2 Å². The molecule has 0 aliphatic carbocycles. The molecule has 0 aliphatic rings. The van der Waals surface area contributed by atoms with Crippen molar-refractivity contribution in [3.8, 4) is 11.8 Å². The lowest BCUT2D eigenvalue weighted by atomic mass is 10.0. The van der Waals surface area contributed by atoms with Crippen molar-refractivity contribution in [1.82, 2.24) is 5.32 Å². The summed E-state index contributed by atoms with van der Waals surface area (Å²) in [6.07, 6.45) is 0.417. The number of hydrogen-bond donors (Lipinski definition) is 3. The minimum Gasteiger partial charge on any atom is -0.395 e. The molecule has 0 radical (unpaired) electrons. The molecule has 1 aromatic carbocycles. The van der Waals surface area contributed by atoms with E-state index in [2.05, 4.69) is 17.2 Å². The smallest absolute Gasteiger partial charge is 0.251 e. The van der Waals surface area contributed by atoms with Crippen molar-refractivity contribution in [2.45, 2.75) is 13.3 Å². The number of aryl methyl sites for hydroxylation is 1. The Morgan fingerprint density at radius 1 is 1.42 bits per heavy atom. The highest BCUT2D eigenvalue weighted by Gasteiger charge is 2.07. The third-order valence-electron chi connectivity index (χ3n) is 2.37. The monoisotopic (exact) mass is 260 g/mol. The van der Waals surface area contributed by atoms with Gasteiger partial charge in [-0.2, -0.15) is 0 Å². The molecule has 0 aromatic heterocycles. The van der Waals surface area contributed by atoms with Gasteiger partial charge in [-0.05, 0) is 30.7 Å². The van der Waals surface area contributed by atoms with E-state index in [9.17, 15) is 9.59 Å². The van der Waals surface area contributed by atoms with Gasteiger partial charge < -0.3 is 16.2 Å². The standard InChI is InChI=1S/C14H16N2O3/c1-10-8-12(14(19)16-9-13(15)18)6-5-11(10)4-2-3-7-17/h5-6,8,17H,3,7,9H2,1H3,(H2,15,18)(H,16,19). The van der Waals surface area contributed by atoms with Crippen molar-refractivity contribution in [3.63, 3.8) is 0 Å². The number of rotatable bonds is 4. The molecule has 1 rings (SSSR count). The predicted octanol–water partition coefficient (Wildman–Crippen LogP) is -0.0560. The van der Waals surface area contributed by atoms with Crippen LogP contribution in [0.25, 0.3) is 0 Å². The SMILES string of the molecule is Cc1cc(C(=O)NCC(N)=O)ccc1C#CCCO. The molecule has 0 aliphatic heterocycles. The summed E-state index contributed by atoms with van der Waals surface area (Å²) >= 11 is 0. The van der Waals surface area contributed by atoms with Crippen LogP contribution in [0.1, 0.15) is 27.9 Å². The zero-order chi connectivity index (χ0) is 14.3. The van der Waals surface area contributed by atoms with Crippen molar-refractivity contribution in [3.05, 3.63) is 34.9 Å². The first-order valence-electron chi connectivity index (χ1n) is 5.81. The minimum atomic E-state index is -0.587. The van der Waals surface area contributed by atoms with Gasteiger partial charge in [0, 0.05) is 17.5 Å². The van der Waals surface area contributed by atoms with Gasteiger partial charge in [0.15, 0.2) is 0 Å². The van der Waals surface area contributed by atoms with Gasteiger partial charge in [0.2, 0.25) is 5.91 Å². The Morgan fingerprint density at radius 2 is 2.16 bits per heavy atom. The van der Waals surface area contributed by atoms with E-state index in [4.69, 9.17) is 10.8 Å². The average Bonchev–Trinajstić information content (AvgIpc) is 2.38. The molecule has 100 valence electrons. The molecule has 0 saturated carbocycles. The van der Waals surface area contributed by atoms with E-state index in [0.717, 1.165) is 11.1 Å². The van der Waals surface area contributed by atoms with Crippen LogP contribution in [0, 0.1) is 18.8 Å². The third-order valence-corrected chi connectivity index (χ3v) is 2.37. The van der Waals surface area contributed by atoms with Crippen molar-refractivity contribution >= 4 is 11.8 Å². The van der Waals surface area contributed by atoms with Crippen LogP contribution in [0.2, 0.25) is 0 Å². The Labute approximate surface area is 111 Å². The van der Waals surface area contributed by atoms with Gasteiger partial charge in [0.05, 0.1) is 13.2 Å². The van der Waals surface area contributed by atoms with Gasteiger partial charge in [0.25, 0.3) is 5.91 Å². The van der Waals surface area contributed by atoms with Crippen LogP contribution < -0.4 is 11.1 Å². The largest absolute Gasteiger partial charge is 0.395 e. The predicted molar refractivity (Wildman–Crippen MR) is 71.3 cm³/mol. The molecule has 0 atom stereocenters. The fourth-order valence-electron chi connectivity index (χ4n) is 1.43. The van der Waals surface area contributed by atoms with Crippen LogP contribution >= 0.6 is 0 Å². The normalized spacial score (nSPS) is 9.37. The Kier molecular flexibility index (Phi) is 5.58. The minimum absolute atomic E-state index is 0.0274. The molecule has 0 heterocycles. The van der Waals surface area contributed by atoms with Gasteiger partial charge >= 0.3 is 0 Å². The van der Waals surface area contributed by atoms with Crippen LogP contribution in [-0.4, -0.2) is 30.1 Å². The fourth-order valence-corrected chi connectivity index (χ4v) is 1.43. The van der Waals surface area contributed by atoms with Gasteiger partial charge in [-0.3, -0.25) is 9.59 Å². The van der Waals surface area contributed by atoms with Crippen molar-refractivity contribution in [2.24, 2.45) is 5.73 Å². The van der Waals surface area contributed by atoms with E-state index in [1.807, 2.05) is 6.92 Å². The number of nitrogens with one attached hydrogen (secondary N) is 1. The summed E-state index contributed by atoms with van der Waals surface area (Å²) in [7, 11) is 0. The number of amides is 2. The highest BCUT2D eigenvalue weighted by molar-refractivity contribution is 5.96. The number of hydrogen-bond acceptors (Lipinski definition) is 3. The maximum Gasteiger partial charge on any atom is 0.251 e. The molecule has 19 heavy (non-hydrogen) atoms. The van der Waals surface area contributed by atoms with Crippen LogP contribution in [0.4, 0.5) is 0 Å². The summed E-state index contributed by atoms with van der Waals surface area (Å²) in [5.74, 6) is 4.80. The molecule has 5 heteroatoms. The second-order valence-electron chi connectivity index (χ2n) is 3.95. The van der Waals surface area contributed by atoms with Gasteiger partial charge in [0.1, 0.15) is 0 Å². The Balaban J connectivity index is 2.79. The quantitative estimate of drug-likeness (QED) is 0.662. The average molecular weight is 260 g/mol. The lowest BCUT2D eigenvalue weighted by Crippen LogP contribution is -2.33. The summed E-state index contributed by atoms with van der Waals surface area (Å²) in [5, 5.41) is 11.1. The molecular formula is C14H16N2O3. The van der Waals surface area contributed by atoms with E-state index in [1.165, 1.54) is 0 Å². The molecular weight excluding hydrogens is 244 g/mol. The third kappa shape index (κ3) is 4.82. The highest BCUT2D eigenvalue weighted by atomic mass is 16.2. The van der Waals surface area contributed by atoms with Crippen LogP contribution in [-0.2, 0) is 4.79 Å².